The number of nitrogens with zero attached hydrogens (tertiary/aromatic N) is 4. The molecular weight excluding hydrogens is 300 g/mol. The zero-order valence-corrected chi connectivity index (χ0v) is 11.5. The summed E-state index contributed by atoms with van der Waals surface area (Å²) >= 11 is 0. The van der Waals surface area contributed by atoms with Crippen molar-refractivity contribution in [2.45, 2.75) is 0 Å². The van der Waals surface area contributed by atoms with Crippen LogP contribution in [0.1, 0.15) is 26.4 Å². The molecule has 0 atom stereocenters. The van der Waals surface area contributed by atoms with Crippen molar-refractivity contribution >= 4 is 29.2 Å². The average Bonchev–Trinajstić information content (AvgIpc) is 2.56. The second-order valence-corrected chi connectivity index (χ2v) is 4.24. The summed E-state index contributed by atoms with van der Waals surface area (Å²) in [6, 6.07) is 8.05. The standard InChI is InChI=1S/C15H9N4O4/c16-8-13(12-3-1-2-4-17-12)19-18-11-6-9(14(20)21)5-10(7-11)15(22)23/h1-7H,(H,20,21)(H,22,23)/q-1/p-1. The van der Waals surface area contributed by atoms with Gasteiger partial charge in [-0.2, -0.15) is 0 Å². The van der Waals surface area contributed by atoms with E-state index in [1.54, 1.807) is 18.2 Å². The number of azo groups is 1. The van der Waals surface area contributed by atoms with Gasteiger partial charge in [-0.25, -0.2) is 10.7 Å². The molecule has 8 heteroatoms. The molecule has 114 valence electrons. The summed E-state index contributed by atoms with van der Waals surface area (Å²) < 4.78 is 0. The van der Waals surface area contributed by atoms with Crippen molar-refractivity contribution < 1.29 is 19.8 Å². The lowest BCUT2D eigenvalue weighted by molar-refractivity contribution is -0.255. The highest BCUT2D eigenvalue weighted by Crippen LogP contribution is 2.20. The zero-order chi connectivity index (χ0) is 16.8. The minimum absolute atomic E-state index is 0.0345. The fourth-order valence-electron chi connectivity index (χ4n) is 1.65. The van der Waals surface area contributed by atoms with E-state index < -0.39 is 11.9 Å². The molecule has 2 aromatic rings. The van der Waals surface area contributed by atoms with Crippen molar-refractivity contribution in [2.75, 3.05) is 0 Å². The summed E-state index contributed by atoms with van der Waals surface area (Å²) in [6.07, 6.45) is 1.47. The van der Waals surface area contributed by atoms with E-state index in [1.807, 2.05) is 5.87 Å². The van der Waals surface area contributed by atoms with Gasteiger partial charge in [0.15, 0.2) is 0 Å². The third-order valence-electron chi connectivity index (χ3n) is 2.68. The first-order valence-electron chi connectivity index (χ1n) is 6.21. The molecule has 8 nitrogen and oxygen atoms in total. The topological polar surface area (TPSA) is 137 Å². The average molecular weight is 308 g/mol. The van der Waals surface area contributed by atoms with Crippen LogP contribution in [0.3, 0.4) is 0 Å². The molecule has 0 fully saturated rings. The van der Waals surface area contributed by atoms with Crippen molar-refractivity contribution in [1.29, 1.82) is 0 Å². The second kappa shape index (κ2) is 6.88. The van der Waals surface area contributed by atoms with Crippen LogP contribution in [-0.4, -0.2) is 27.9 Å². The van der Waals surface area contributed by atoms with E-state index in [2.05, 4.69) is 15.2 Å². The maximum atomic E-state index is 11.0. The maximum absolute atomic E-state index is 11.0. The monoisotopic (exact) mass is 308 g/mol. The number of aromatic nitrogens is 1. The molecule has 1 N–H and O–H groups in total. The Labute approximate surface area is 130 Å². The Morgan fingerprint density at radius 3 is 2.52 bits per heavy atom. The number of carboxylic acid groups (broad SMARTS) is 2. The minimum atomic E-state index is -1.54. The molecule has 0 saturated carbocycles. The highest BCUT2D eigenvalue weighted by atomic mass is 16.4. The number of rotatable bonds is 5. The van der Waals surface area contributed by atoms with Gasteiger partial charge in [0.1, 0.15) is 5.70 Å². The van der Waals surface area contributed by atoms with E-state index in [4.69, 9.17) is 10.5 Å². The molecule has 0 unspecified atom stereocenters. The molecule has 0 saturated heterocycles. The number of benzene rings is 1. The maximum Gasteiger partial charge on any atom is 0.335 e. The van der Waals surface area contributed by atoms with Gasteiger partial charge < -0.3 is 20.4 Å². The molecule has 23 heavy (non-hydrogen) atoms. The molecule has 2 rings (SSSR count). The van der Waals surface area contributed by atoms with E-state index >= 15 is 0 Å². The first-order valence-corrected chi connectivity index (χ1v) is 6.21. The number of carboxylic acids is 2. The van der Waals surface area contributed by atoms with Crippen LogP contribution in [0.15, 0.2) is 52.8 Å². The SMILES string of the molecule is [N-]=C=C(N=Nc1cc(C(=O)[O-])cc(C(=O)O)c1)c1ccccn1. The van der Waals surface area contributed by atoms with Crippen LogP contribution in [0, 0.1) is 0 Å². The molecule has 0 amide bonds. The van der Waals surface area contributed by atoms with E-state index in [0.29, 0.717) is 0 Å². The van der Waals surface area contributed by atoms with Gasteiger partial charge in [-0.3, -0.25) is 4.98 Å². The molecule has 1 aromatic carbocycles. The highest BCUT2D eigenvalue weighted by molar-refractivity contribution is 5.94. The van der Waals surface area contributed by atoms with Crippen LogP contribution in [0.5, 0.6) is 0 Å². The molecule has 0 bridgehead atoms. The summed E-state index contributed by atoms with van der Waals surface area (Å²) in [6.45, 7) is 0. The van der Waals surface area contributed by atoms with Crippen molar-refractivity contribution in [3.63, 3.8) is 0 Å². The summed E-state index contributed by atoms with van der Waals surface area (Å²) in [5, 5.41) is 36.3. The molecule has 1 heterocycles. The third kappa shape index (κ3) is 3.93. The number of hydrogen-bond donors (Lipinski definition) is 1. The van der Waals surface area contributed by atoms with Crippen molar-refractivity contribution in [1.82, 2.24) is 4.98 Å². The van der Waals surface area contributed by atoms with Gasteiger partial charge in [0, 0.05) is 11.8 Å². The normalized spacial score (nSPS) is 10.3. The highest BCUT2D eigenvalue weighted by Gasteiger charge is 2.08. The molecule has 0 aliphatic carbocycles. The number of carbonyl (C=O) groups is 2. The van der Waals surface area contributed by atoms with Crippen LogP contribution >= 0.6 is 0 Å². The van der Waals surface area contributed by atoms with E-state index in [1.165, 1.54) is 6.20 Å². The van der Waals surface area contributed by atoms with Gasteiger partial charge in [-0.15, -0.1) is 10.2 Å². The second-order valence-electron chi connectivity index (χ2n) is 4.24. The molecular formula is C15H8N4O4-2. The number of pyridine rings is 1. The molecule has 0 aliphatic heterocycles. The van der Waals surface area contributed by atoms with Gasteiger partial charge in [0.05, 0.1) is 22.9 Å². The number of carbonyl (C=O) groups excluding carboxylic acids is 1. The first-order chi connectivity index (χ1) is 11.0. The summed E-state index contributed by atoms with van der Waals surface area (Å²) in [5.41, 5.74) is -0.477. The van der Waals surface area contributed by atoms with Crippen molar-refractivity contribution in [3.8, 4) is 0 Å². The molecule has 0 radical (unpaired) electrons. The molecule has 1 aromatic heterocycles. The lowest BCUT2D eigenvalue weighted by Crippen LogP contribution is -2.22. The van der Waals surface area contributed by atoms with Gasteiger partial charge in [-0.1, -0.05) is 6.07 Å². The van der Waals surface area contributed by atoms with Crippen LogP contribution in [0.25, 0.3) is 11.1 Å². The van der Waals surface area contributed by atoms with Crippen molar-refractivity contribution in [2.24, 2.45) is 10.2 Å². The Kier molecular flexibility index (Phi) is 4.71. The predicted molar refractivity (Wildman–Crippen MR) is 78.3 cm³/mol. The van der Waals surface area contributed by atoms with Crippen molar-refractivity contribution in [3.05, 3.63) is 64.8 Å². The van der Waals surface area contributed by atoms with Crippen LogP contribution in [0.2, 0.25) is 0 Å². The lowest BCUT2D eigenvalue weighted by Gasteiger charge is -2.05. The fourth-order valence-corrected chi connectivity index (χ4v) is 1.65. The molecule has 0 spiro atoms. The van der Waals surface area contributed by atoms with Gasteiger partial charge >= 0.3 is 5.97 Å². The Balaban J connectivity index is 2.40. The summed E-state index contributed by atoms with van der Waals surface area (Å²) in [7, 11) is 0. The van der Waals surface area contributed by atoms with Crippen LogP contribution < -0.4 is 5.11 Å². The van der Waals surface area contributed by atoms with Gasteiger partial charge in [0.25, 0.3) is 0 Å². The summed E-state index contributed by atoms with van der Waals surface area (Å²) in [5.74, 6) is -1.05. The Morgan fingerprint density at radius 1 is 1.22 bits per heavy atom. The van der Waals surface area contributed by atoms with Crippen LogP contribution in [-0.2, 0) is 0 Å². The Hall–Kier alpha value is -3.64. The van der Waals surface area contributed by atoms with E-state index in [9.17, 15) is 14.7 Å². The number of aromatic carboxylic acids is 2. The summed E-state index contributed by atoms with van der Waals surface area (Å²) in [4.78, 5) is 25.8. The first kappa shape index (κ1) is 15.7. The largest absolute Gasteiger partial charge is 0.761 e. The quantitative estimate of drug-likeness (QED) is 0.659. The predicted octanol–water partition coefficient (Wildman–Crippen LogP) is 1.51. The van der Waals surface area contributed by atoms with Gasteiger partial charge in [-0.05, 0) is 30.3 Å². The Bertz CT molecular complexity index is 808. The number of hydrogen-bond acceptors (Lipinski definition) is 6. The van der Waals surface area contributed by atoms with Gasteiger partial charge in [0.2, 0.25) is 0 Å². The zero-order valence-electron chi connectivity index (χ0n) is 11.5. The Morgan fingerprint density at radius 2 is 1.96 bits per heavy atom. The van der Waals surface area contributed by atoms with Crippen LogP contribution in [0.4, 0.5) is 5.69 Å². The van der Waals surface area contributed by atoms with E-state index in [0.717, 1.165) is 18.2 Å². The molecule has 0 aliphatic rings. The fraction of sp³-hybridized carbons (Fsp3) is 0. The minimum Gasteiger partial charge on any atom is -0.761 e. The van der Waals surface area contributed by atoms with E-state index in [-0.39, 0.29) is 28.2 Å². The smallest absolute Gasteiger partial charge is 0.335 e. The lowest BCUT2D eigenvalue weighted by atomic mass is 10.1. The third-order valence-corrected chi connectivity index (χ3v) is 2.68.